The van der Waals surface area contributed by atoms with Crippen LogP contribution in [0.15, 0.2) is 36.4 Å². The van der Waals surface area contributed by atoms with Crippen molar-refractivity contribution in [2.75, 3.05) is 22.6 Å². The Morgan fingerprint density at radius 3 is 2.56 bits per heavy atom. The van der Waals surface area contributed by atoms with Gasteiger partial charge in [-0.15, -0.1) is 0 Å². The monoisotopic (exact) mass is 465 g/mol. The highest BCUT2D eigenvalue weighted by atomic mass is 19.1. The molecule has 1 heterocycles. The lowest BCUT2D eigenvalue weighted by Crippen LogP contribution is -2.30. The molecule has 4 amide bonds. The number of hydrogen-bond donors (Lipinski definition) is 3. The number of aryl methyl sites for hydroxylation is 1. The molecule has 3 aromatic rings. The molecule has 0 aliphatic carbocycles. The van der Waals surface area contributed by atoms with Crippen LogP contribution in [0, 0.1) is 23.1 Å². The van der Waals surface area contributed by atoms with Gasteiger partial charge in [-0.05, 0) is 36.4 Å². The minimum Gasteiger partial charge on any atom is -0.370 e. The second-order valence-electron chi connectivity index (χ2n) is 7.91. The van der Waals surface area contributed by atoms with Crippen LogP contribution < -0.4 is 21.3 Å². The van der Waals surface area contributed by atoms with Crippen molar-refractivity contribution < 1.29 is 18.8 Å². The number of anilines is 3. The normalized spacial score (nSPS) is 10.7. The summed E-state index contributed by atoms with van der Waals surface area (Å²) in [5.41, 5.74) is 6.99. The molecule has 2 aromatic carbocycles. The molecular formula is C23H24FN7O3. The lowest BCUT2D eigenvalue weighted by molar-refractivity contribution is -0.121. The first-order valence-electron chi connectivity index (χ1n) is 10.4. The third-order valence-corrected chi connectivity index (χ3v) is 5.10. The quantitative estimate of drug-likeness (QED) is 0.490. The molecular weight excluding hydrogens is 441 g/mol. The second kappa shape index (κ2) is 9.99. The van der Waals surface area contributed by atoms with Gasteiger partial charge < -0.3 is 20.5 Å². The number of fused-ring (bicyclic) bond motifs is 1. The van der Waals surface area contributed by atoms with Crippen molar-refractivity contribution >= 4 is 46.2 Å². The molecule has 0 atom stereocenters. The fourth-order valence-corrected chi connectivity index (χ4v) is 3.33. The van der Waals surface area contributed by atoms with Gasteiger partial charge in [-0.1, -0.05) is 13.8 Å². The number of hydrogen-bond acceptors (Lipinski definition) is 5. The van der Waals surface area contributed by atoms with Crippen molar-refractivity contribution in [3.05, 3.63) is 47.8 Å². The maximum Gasteiger partial charge on any atom is 0.326 e. The molecule has 1 aromatic heterocycles. The average Bonchev–Trinajstić information content (AvgIpc) is 3.13. The Morgan fingerprint density at radius 1 is 1.21 bits per heavy atom. The SMILES string of the molecule is CC(C)C(=O)N(C)c1ccc2c(c1)nc(NC(=O)Nc1ccc(C#N)cc1F)n2CCC(N)=O. The summed E-state index contributed by atoms with van der Waals surface area (Å²) in [7, 11) is 1.66. The summed E-state index contributed by atoms with van der Waals surface area (Å²) in [4.78, 5) is 42.2. The standard InChI is InChI=1S/C23H24FN7O3/c1-13(2)21(33)30(3)15-5-7-19-18(11-15)27-22(31(19)9-8-20(26)32)29-23(34)28-17-6-4-14(12-25)10-16(17)24/h4-7,10-11,13H,8-9H2,1-3H3,(H2,26,32)(H2,27,28,29,34). The highest BCUT2D eigenvalue weighted by molar-refractivity contribution is 6.00. The first kappa shape index (κ1) is 24.2. The summed E-state index contributed by atoms with van der Waals surface area (Å²) in [5, 5.41) is 13.8. The van der Waals surface area contributed by atoms with Crippen LogP contribution in [0.25, 0.3) is 11.0 Å². The van der Waals surface area contributed by atoms with E-state index in [2.05, 4.69) is 15.6 Å². The summed E-state index contributed by atoms with van der Waals surface area (Å²) in [5.74, 6) is -1.46. The molecule has 0 bridgehead atoms. The lowest BCUT2D eigenvalue weighted by Gasteiger charge is -2.19. The van der Waals surface area contributed by atoms with Gasteiger partial charge in [0, 0.05) is 31.6 Å². The second-order valence-corrected chi connectivity index (χ2v) is 7.91. The largest absolute Gasteiger partial charge is 0.370 e. The van der Waals surface area contributed by atoms with Gasteiger partial charge >= 0.3 is 6.03 Å². The number of carbonyl (C=O) groups excluding carboxylic acids is 3. The summed E-state index contributed by atoms with van der Waals surface area (Å²) < 4.78 is 15.7. The Hall–Kier alpha value is -4.46. The van der Waals surface area contributed by atoms with Crippen LogP contribution in [0.1, 0.15) is 25.8 Å². The fraction of sp³-hybridized carbons (Fsp3) is 0.261. The highest BCUT2D eigenvalue weighted by Gasteiger charge is 2.19. The Kier molecular flexibility index (Phi) is 7.11. The van der Waals surface area contributed by atoms with E-state index in [4.69, 9.17) is 11.0 Å². The number of rotatable bonds is 7. The summed E-state index contributed by atoms with van der Waals surface area (Å²) >= 11 is 0. The summed E-state index contributed by atoms with van der Waals surface area (Å²) in [6.45, 7) is 3.74. The van der Waals surface area contributed by atoms with Crippen LogP contribution >= 0.6 is 0 Å². The third kappa shape index (κ3) is 5.29. The van der Waals surface area contributed by atoms with Gasteiger partial charge in [-0.25, -0.2) is 14.2 Å². The van der Waals surface area contributed by atoms with Crippen LogP contribution in [0.4, 0.5) is 26.5 Å². The third-order valence-electron chi connectivity index (χ3n) is 5.10. The molecule has 3 rings (SSSR count). The van der Waals surface area contributed by atoms with E-state index < -0.39 is 17.8 Å². The minimum absolute atomic E-state index is 0.000497. The van der Waals surface area contributed by atoms with Gasteiger partial charge in [0.15, 0.2) is 0 Å². The van der Waals surface area contributed by atoms with E-state index in [1.165, 1.54) is 17.0 Å². The van der Waals surface area contributed by atoms with Crippen molar-refractivity contribution in [2.24, 2.45) is 11.7 Å². The van der Waals surface area contributed by atoms with Crippen LogP contribution in [0.2, 0.25) is 0 Å². The predicted octanol–water partition coefficient (Wildman–Crippen LogP) is 3.19. The number of urea groups is 1. The number of benzene rings is 2. The average molecular weight is 465 g/mol. The zero-order valence-electron chi connectivity index (χ0n) is 18.9. The number of nitrogens with two attached hydrogens (primary N) is 1. The van der Waals surface area contributed by atoms with Gasteiger partial charge in [-0.3, -0.25) is 14.9 Å². The van der Waals surface area contributed by atoms with E-state index >= 15 is 0 Å². The molecule has 0 saturated carbocycles. The molecule has 0 saturated heterocycles. The molecule has 0 radical (unpaired) electrons. The Labute approximate surface area is 195 Å². The Bertz CT molecular complexity index is 1310. The van der Waals surface area contributed by atoms with Crippen LogP contribution in [0.5, 0.6) is 0 Å². The van der Waals surface area contributed by atoms with E-state index in [0.29, 0.717) is 16.7 Å². The molecule has 176 valence electrons. The highest BCUT2D eigenvalue weighted by Crippen LogP contribution is 2.26. The molecule has 11 heteroatoms. The van der Waals surface area contributed by atoms with Crippen molar-refractivity contribution in [2.45, 2.75) is 26.8 Å². The molecule has 0 fully saturated rings. The zero-order chi connectivity index (χ0) is 25.0. The topological polar surface area (TPSA) is 146 Å². The number of nitrogens with zero attached hydrogens (tertiary/aromatic N) is 4. The maximum absolute atomic E-state index is 14.1. The Morgan fingerprint density at radius 2 is 1.94 bits per heavy atom. The molecule has 0 aliphatic rings. The van der Waals surface area contributed by atoms with E-state index in [-0.39, 0.29) is 42.0 Å². The smallest absolute Gasteiger partial charge is 0.326 e. The summed E-state index contributed by atoms with van der Waals surface area (Å²) in [6.07, 6.45) is -0.000497. The number of carbonyl (C=O) groups is 3. The fourth-order valence-electron chi connectivity index (χ4n) is 3.33. The number of nitrogens with one attached hydrogen (secondary N) is 2. The van der Waals surface area contributed by atoms with Crippen molar-refractivity contribution in [3.63, 3.8) is 0 Å². The first-order valence-corrected chi connectivity index (χ1v) is 10.4. The van der Waals surface area contributed by atoms with Crippen LogP contribution in [0.3, 0.4) is 0 Å². The predicted molar refractivity (Wildman–Crippen MR) is 126 cm³/mol. The molecule has 34 heavy (non-hydrogen) atoms. The van der Waals surface area contributed by atoms with E-state index in [9.17, 15) is 18.8 Å². The van der Waals surface area contributed by atoms with E-state index in [1.54, 1.807) is 43.7 Å². The van der Waals surface area contributed by atoms with Gasteiger partial charge in [0.05, 0.1) is 28.4 Å². The number of nitriles is 1. The molecule has 0 aliphatic heterocycles. The van der Waals surface area contributed by atoms with Crippen molar-refractivity contribution in [1.82, 2.24) is 9.55 Å². The van der Waals surface area contributed by atoms with Crippen LogP contribution in [-0.2, 0) is 16.1 Å². The number of halogens is 1. The number of amides is 4. The van der Waals surface area contributed by atoms with E-state index in [0.717, 1.165) is 6.07 Å². The van der Waals surface area contributed by atoms with Gasteiger partial charge in [0.2, 0.25) is 17.8 Å². The lowest BCUT2D eigenvalue weighted by atomic mass is 10.1. The van der Waals surface area contributed by atoms with Crippen molar-refractivity contribution in [1.29, 1.82) is 5.26 Å². The molecule has 0 spiro atoms. The number of primary amides is 1. The zero-order valence-corrected chi connectivity index (χ0v) is 18.9. The van der Waals surface area contributed by atoms with Crippen molar-refractivity contribution in [3.8, 4) is 6.07 Å². The van der Waals surface area contributed by atoms with Crippen LogP contribution in [-0.4, -0.2) is 34.4 Å². The first-order chi connectivity index (χ1) is 16.1. The van der Waals surface area contributed by atoms with Gasteiger partial charge in [-0.2, -0.15) is 5.26 Å². The molecule has 10 nitrogen and oxygen atoms in total. The van der Waals surface area contributed by atoms with E-state index in [1.807, 2.05) is 6.07 Å². The van der Waals surface area contributed by atoms with Gasteiger partial charge in [0.1, 0.15) is 5.82 Å². The number of aromatic nitrogens is 2. The van der Waals surface area contributed by atoms with Gasteiger partial charge in [0.25, 0.3) is 0 Å². The molecule has 4 N–H and O–H groups in total. The minimum atomic E-state index is -0.772. The number of imidazole rings is 1. The maximum atomic E-state index is 14.1. The Balaban J connectivity index is 1.92. The molecule has 0 unspecified atom stereocenters. The summed E-state index contributed by atoms with van der Waals surface area (Å²) in [6, 6.07) is 9.86.